The molecule has 1 rings (SSSR count). The molecule has 7 heteroatoms. The molecule has 0 aliphatic carbocycles. The molecule has 120 valence electrons. The molecule has 0 radical (unpaired) electrons. The number of carbonyl (C=O) groups excluding carboxylic acids is 3. The molecule has 1 aromatic rings. The van der Waals surface area contributed by atoms with Gasteiger partial charge >= 0.3 is 6.03 Å². The smallest absolute Gasteiger partial charge is 0.319 e. The van der Waals surface area contributed by atoms with Crippen LogP contribution in [0.2, 0.25) is 0 Å². The third-order valence-electron chi connectivity index (χ3n) is 2.61. The van der Waals surface area contributed by atoms with Gasteiger partial charge in [-0.15, -0.1) is 0 Å². The molecule has 0 saturated carbocycles. The molecule has 1 aromatic carbocycles. The Morgan fingerprint density at radius 2 is 1.68 bits per heavy atom. The number of likely N-dealkylation sites (N-methyl/N-ethyl adjacent to an activating group) is 1. The Morgan fingerprint density at radius 1 is 1.05 bits per heavy atom. The van der Waals surface area contributed by atoms with E-state index in [1.165, 1.54) is 0 Å². The van der Waals surface area contributed by atoms with E-state index in [4.69, 9.17) is 0 Å². The Labute approximate surface area is 129 Å². The molecule has 0 bridgehead atoms. The van der Waals surface area contributed by atoms with Crippen LogP contribution in [0, 0.1) is 0 Å². The predicted octanol–water partition coefficient (Wildman–Crippen LogP) is 1.08. The van der Waals surface area contributed by atoms with Crippen LogP contribution in [0.3, 0.4) is 0 Å². The number of anilines is 1. The molecule has 4 N–H and O–H groups in total. The van der Waals surface area contributed by atoms with Gasteiger partial charge in [0, 0.05) is 23.8 Å². The second kappa shape index (κ2) is 8.66. The van der Waals surface area contributed by atoms with Crippen LogP contribution in [0.1, 0.15) is 31.1 Å². The third-order valence-corrected chi connectivity index (χ3v) is 2.61. The lowest BCUT2D eigenvalue weighted by Gasteiger charge is -2.10. The molecule has 0 aliphatic rings. The predicted molar refractivity (Wildman–Crippen MR) is 84.7 cm³/mol. The van der Waals surface area contributed by atoms with Crippen molar-refractivity contribution in [2.24, 2.45) is 0 Å². The summed E-state index contributed by atoms with van der Waals surface area (Å²) in [4.78, 5) is 34.6. The molecule has 0 spiro atoms. The SMILES string of the molecule is CCNC(=O)CNC(=O)c1ccc(NC(=O)NC(C)C)cc1. The van der Waals surface area contributed by atoms with Gasteiger partial charge < -0.3 is 21.3 Å². The highest BCUT2D eigenvalue weighted by Gasteiger charge is 2.08. The lowest BCUT2D eigenvalue weighted by molar-refractivity contribution is -0.120. The van der Waals surface area contributed by atoms with Crippen LogP contribution < -0.4 is 21.3 Å². The van der Waals surface area contributed by atoms with Gasteiger partial charge in [0.15, 0.2) is 0 Å². The van der Waals surface area contributed by atoms with Crippen LogP contribution in [0.4, 0.5) is 10.5 Å². The van der Waals surface area contributed by atoms with E-state index < -0.39 is 0 Å². The van der Waals surface area contributed by atoms with Crippen molar-refractivity contribution in [3.8, 4) is 0 Å². The largest absolute Gasteiger partial charge is 0.355 e. The van der Waals surface area contributed by atoms with Crippen molar-refractivity contribution in [3.05, 3.63) is 29.8 Å². The van der Waals surface area contributed by atoms with E-state index in [0.717, 1.165) is 0 Å². The normalized spacial score (nSPS) is 10.0. The summed E-state index contributed by atoms with van der Waals surface area (Å²) in [7, 11) is 0. The van der Waals surface area contributed by atoms with Gasteiger partial charge in [-0.25, -0.2) is 4.79 Å². The Kier molecular flexibility index (Phi) is 6.88. The Morgan fingerprint density at radius 3 is 2.23 bits per heavy atom. The zero-order valence-electron chi connectivity index (χ0n) is 13.0. The maximum absolute atomic E-state index is 11.8. The summed E-state index contributed by atoms with van der Waals surface area (Å²) in [5.74, 6) is -0.580. The maximum Gasteiger partial charge on any atom is 0.319 e. The van der Waals surface area contributed by atoms with Gasteiger partial charge in [-0.05, 0) is 45.0 Å². The number of hydrogen-bond donors (Lipinski definition) is 4. The van der Waals surface area contributed by atoms with Gasteiger partial charge in [0.25, 0.3) is 5.91 Å². The van der Waals surface area contributed by atoms with Crippen molar-refractivity contribution in [2.45, 2.75) is 26.8 Å². The zero-order chi connectivity index (χ0) is 16.5. The van der Waals surface area contributed by atoms with Crippen molar-refractivity contribution in [3.63, 3.8) is 0 Å². The van der Waals surface area contributed by atoms with E-state index in [1.807, 2.05) is 13.8 Å². The molecule has 0 heterocycles. The summed E-state index contributed by atoms with van der Waals surface area (Å²) in [6, 6.07) is 6.15. The van der Waals surface area contributed by atoms with Crippen molar-refractivity contribution < 1.29 is 14.4 Å². The van der Waals surface area contributed by atoms with Crippen molar-refractivity contribution >= 4 is 23.5 Å². The van der Waals surface area contributed by atoms with Crippen LogP contribution in [-0.2, 0) is 4.79 Å². The second-order valence-electron chi connectivity index (χ2n) is 4.97. The number of hydrogen-bond acceptors (Lipinski definition) is 3. The first kappa shape index (κ1) is 17.5. The summed E-state index contributed by atoms with van der Waals surface area (Å²) < 4.78 is 0. The van der Waals surface area contributed by atoms with E-state index in [9.17, 15) is 14.4 Å². The van der Waals surface area contributed by atoms with E-state index in [0.29, 0.717) is 17.8 Å². The average Bonchev–Trinajstić information content (AvgIpc) is 2.45. The first-order valence-corrected chi connectivity index (χ1v) is 7.14. The van der Waals surface area contributed by atoms with Gasteiger partial charge in [-0.2, -0.15) is 0 Å². The topological polar surface area (TPSA) is 99.3 Å². The summed E-state index contributed by atoms with van der Waals surface area (Å²) in [5.41, 5.74) is 0.998. The molecule has 0 fully saturated rings. The molecular formula is C15H22N4O3. The number of amides is 4. The molecule has 0 unspecified atom stereocenters. The Bertz CT molecular complexity index is 526. The third kappa shape index (κ3) is 6.25. The molecule has 0 aliphatic heterocycles. The number of urea groups is 1. The number of nitrogens with one attached hydrogen (secondary N) is 4. The average molecular weight is 306 g/mol. The van der Waals surface area contributed by atoms with Gasteiger partial charge in [0.05, 0.1) is 6.54 Å². The maximum atomic E-state index is 11.8. The van der Waals surface area contributed by atoms with E-state index in [2.05, 4.69) is 21.3 Å². The minimum Gasteiger partial charge on any atom is -0.355 e. The Hall–Kier alpha value is -2.57. The van der Waals surface area contributed by atoms with Crippen LogP contribution in [0.15, 0.2) is 24.3 Å². The van der Waals surface area contributed by atoms with Gasteiger partial charge in [-0.3, -0.25) is 9.59 Å². The van der Waals surface area contributed by atoms with Gasteiger partial charge in [0.2, 0.25) is 5.91 Å². The minimum absolute atomic E-state index is 0.0410. The van der Waals surface area contributed by atoms with Crippen LogP contribution in [0.5, 0.6) is 0 Å². The lowest BCUT2D eigenvalue weighted by atomic mass is 10.2. The van der Waals surface area contributed by atoms with Crippen LogP contribution in [-0.4, -0.2) is 37.0 Å². The van der Waals surface area contributed by atoms with Gasteiger partial charge in [-0.1, -0.05) is 0 Å². The van der Waals surface area contributed by atoms with Crippen LogP contribution >= 0.6 is 0 Å². The first-order valence-electron chi connectivity index (χ1n) is 7.14. The number of carbonyl (C=O) groups is 3. The highest BCUT2D eigenvalue weighted by atomic mass is 16.2. The second-order valence-corrected chi connectivity index (χ2v) is 4.97. The summed E-state index contributed by atoms with van der Waals surface area (Å²) >= 11 is 0. The fourth-order valence-corrected chi connectivity index (χ4v) is 1.66. The fourth-order valence-electron chi connectivity index (χ4n) is 1.66. The summed E-state index contributed by atoms with van der Waals surface area (Å²) in [5, 5.41) is 10.5. The number of rotatable bonds is 6. The number of benzene rings is 1. The first-order chi connectivity index (χ1) is 10.4. The summed E-state index contributed by atoms with van der Waals surface area (Å²) in [6.45, 7) is 5.99. The Balaban J connectivity index is 2.51. The lowest BCUT2D eigenvalue weighted by Crippen LogP contribution is -2.36. The quantitative estimate of drug-likeness (QED) is 0.633. The van der Waals surface area contributed by atoms with Crippen molar-refractivity contribution in [1.82, 2.24) is 16.0 Å². The highest BCUT2D eigenvalue weighted by Crippen LogP contribution is 2.09. The summed E-state index contributed by atoms with van der Waals surface area (Å²) in [6.07, 6.45) is 0. The van der Waals surface area contributed by atoms with Crippen molar-refractivity contribution in [2.75, 3.05) is 18.4 Å². The molecule has 0 saturated heterocycles. The van der Waals surface area contributed by atoms with Crippen molar-refractivity contribution in [1.29, 1.82) is 0 Å². The van der Waals surface area contributed by atoms with E-state index >= 15 is 0 Å². The molecule has 7 nitrogen and oxygen atoms in total. The van der Waals surface area contributed by atoms with E-state index in [1.54, 1.807) is 31.2 Å². The molecule has 4 amide bonds. The van der Waals surface area contributed by atoms with Gasteiger partial charge in [0.1, 0.15) is 0 Å². The standard InChI is InChI=1S/C15H22N4O3/c1-4-16-13(20)9-17-14(21)11-5-7-12(8-6-11)19-15(22)18-10(2)3/h5-8,10H,4,9H2,1-3H3,(H,16,20)(H,17,21)(H2,18,19,22). The molecule has 0 aromatic heterocycles. The van der Waals surface area contributed by atoms with E-state index in [-0.39, 0.29) is 30.4 Å². The fraction of sp³-hybridized carbons (Fsp3) is 0.400. The minimum atomic E-state index is -0.343. The molecule has 0 atom stereocenters. The zero-order valence-corrected chi connectivity index (χ0v) is 13.0. The van der Waals surface area contributed by atoms with Crippen LogP contribution in [0.25, 0.3) is 0 Å². The monoisotopic (exact) mass is 306 g/mol. The highest BCUT2D eigenvalue weighted by molar-refractivity contribution is 5.97. The molecule has 22 heavy (non-hydrogen) atoms. The molecular weight excluding hydrogens is 284 g/mol.